The number of hydrogen-bond acceptors (Lipinski definition) is 5. The van der Waals surface area contributed by atoms with Crippen molar-refractivity contribution in [3.8, 4) is 5.75 Å². The third-order valence-electron chi connectivity index (χ3n) is 6.00. The summed E-state index contributed by atoms with van der Waals surface area (Å²) >= 11 is 0. The largest absolute Gasteiger partial charge is 0.495 e. The van der Waals surface area contributed by atoms with Crippen LogP contribution in [-0.2, 0) is 4.74 Å². The number of aryl methyl sites for hydroxylation is 1. The van der Waals surface area contributed by atoms with E-state index in [1.54, 1.807) is 7.11 Å². The molecule has 5 nitrogen and oxygen atoms in total. The summed E-state index contributed by atoms with van der Waals surface area (Å²) in [7, 11) is 1.74. The Hall–Kier alpha value is -2.66. The van der Waals surface area contributed by atoms with Gasteiger partial charge in [0.1, 0.15) is 5.75 Å². The SMILES string of the molecule is COc1cc(C)ccc1N(c1nncc2ccccc12)C1CC2CCC(C1)O2. The van der Waals surface area contributed by atoms with E-state index in [1.807, 2.05) is 12.3 Å². The van der Waals surface area contributed by atoms with Gasteiger partial charge < -0.3 is 14.4 Å². The van der Waals surface area contributed by atoms with Crippen molar-refractivity contribution in [2.75, 3.05) is 12.0 Å². The Balaban J connectivity index is 1.69. The molecule has 3 aromatic rings. The van der Waals surface area contributed by atoms with Crippen molar-refractivity contribution in [1.29, 1.82) is 0 Å². The van der Waals surface area contributed by atoms with Crippen LogP contribution in [0.1, 0.15) is 31.2 Å². The molecule has 2 fully saturated rings. The molecule has 2 saturated heterocycles. The smallest absolute Gasteiger partial charge is 0.163 e. The number of ether oxygens (including phenoxy) is 2. The zero-order valence-electron chi connectivity index (χ0n) is 16.3. The van der Waals surface area contributed by atoms with Crippen molar-refractivity contribution in [3.63, 3.8) is 0 Å². The van der Waals surface area contributed by atoms with Crippen LogP contribution in [0.15, 0.2) is 48.7 Å². The van der Waals surface area contributed by atoms with E-state index in [0.717, 1.165) is 53.7 Å². The molecule has 5 rings (SSSR count). The minimum absolute atomic E-state index is 0.308. The molecule has 0 aliphatic carbocycles. The highest BCUT2D eigenvalue weighted by Gasteiger charge is 2.39. The molecule has 2 unspecified atom stereocenters. The van der Waals surface area contributed by atoms with Gasteiger partial charge in [0.05, 0.1) is 31.2 Å². The van der Waals surface area contributed by atoms with Gasteiger partial charge in [0.15, 0.2) is 5.82 Å². The summed E-state index contributed by atoms with van der Waals surface area (Å²) in [4.78, 5) is 2.35. The van der Waals surface area contributed by atoms with Crippen LogP contribution in [0, 0.1) is 6.92 Å². The number of fused-ring (bicyclic) bond motifs is 3. The van der Waals surface area contributed by atoms with E-state index in [9.17, 15) is 0 Å². The molecule has 28 heavy (non-hydrogen) atoms. The Morgan fingerprint density at radius 3 is 2.64 bits per heavy atom. The molecule has 3 heterocycles. The molecule has 2 bridgehead atoms. The van der Waals surface area contributed by atoms with E-state index in [2.05, 4.69) is 58.4 Å². The van der Waals surface area contributed by atoms with Crippen LogP contribution in [0.3, 0.4) is 0 Å². The van der Waals surface area contributed by atoms with Gasteiger partial charge in [-0.25, -0.2) is 0 Å². The van der Waals surface area contributed by atoms with Crippen molar-refractivity contribution in [2.45, 2.75) is 50.9 Å². The minimum Gasteiger partial charge on any atom is -0.495 e. The molecule has 0 radical (unpaired) electrons. The van der Waals surface area contributed by atoms with E-state index < -0.39 is 0 Å². The summed E-state index contributed by atoms with van der Waals surface area (Å²) in [6.07, 6.45) is 6.81. The van der Waals surface area contributed by atoms with Crippen LogP contribution in [0.4, 0.5) is 11.5 Å². The molecular formula is C23H25N3O2. The number of rotatable bonds is 4. The molecule has 0 amide bonds. The first-order valence-electron chi connectivity index (χ1n) is 10.0. The summed E-state index contributed by atoms with van der Waals surface area (Å²) in [5, 5.41) is 11.1. The molecule has 2 atom stereocenters. The van der Waals surface area contributed by atoms with Gasteiger partial charge in [0, 0.05) is 16.8 Å². The van der Waals surface area contributed by atoms with Gasteiger partial charge >= 0.3 is 0 Å². The molecule has 2 aromatic carbocycles. The molecule has 1 aromatic heterocycles. The Morgan fingerprint density at radius 1 is 1.07 bits per heavy atom. The van der Waals surface area contributed by atoms with Crippen LogP contribution in [0.2, 0.25) is 0 Å². The second-order valence-corrected chi connectivity index (χ2v) is 7.88. The van der Waals surface area contributed by atoms with Gasteiger partial charge in [-0.15, -0.1) is 5.10 Å². The van der Waals surface area contributed by atoms with E-state index in [1.165, 1.54) is 5.56 Å². The first-order chi connectivity index (χ1) is 13.7. The Labute approximate surface area is 165 Å². The van der Waals surface area contributed by atoms with E-state index in [4.69, 9.17) is 9.47 Å². The van der Waals surface area contributed by atoms with Crippen LogP contribution in [0.25, 0.3) is 10.8 Å². The normalized spacial score (nSPS) is 23.7. The highest BCUT2D eigenvalue weighted by Crippen LogP contribution is 2.43. The third-order valence-corrected chi connectivity index (χ3v) is 6.00. The summed E-state index contributed by atoms with van der Waals surface area (Å²) < 4.78 is 11.9. The minimum atomic E-state index is 0.308. The number of hydrogen-bond donors (Lipinski definition) is 0. The second kappa shape index (κ2) is 7.06. The lowest BCUT2D eigenvalue weighted by molar-refractivity contribution is -0.00242. The Kier molecular flexibility index (Phi) is 4.40. The monoisotopic (exact) mass is 375 g/mol. The zero-order chi connectivity index (χ0) is 19.1. The molecule has 0 N–H and O–H groups in total. The summed E-state index contributed by atoms with van der Waals surface area (Å²) in [5.41, 5.74) is 2.22. The quantitative estimate of drug-likeness (QED) is 0.656. The summed E-state index contributed by atoms with van der Waals surface area (Å²) in [6.45, 7) is 2.09. The van der Waals surface area contributed by atoms with Crippen LogP contribution < -0.4 is 9.64 Å². The number of aromatic nitrogens is 2. The molecule has 144 valence electrons. The number of benzene rings is 2. The van der Waals surface area contributed by atoms with Crippen molar-refractivity contribution in [1.82, 2.24) is 10.2 Å². The number of nitrogens with zero attached hydrogens (tertiary/aromatic N) is 3. The van der Waals surface area contributed by atoms with Crippen LogP contribution in [-0.4, -0.2) is 35.6 Å². The maximum Gasteiger partial charge on any atom is 0.163 e. The van der Waals surface area contributed by atoms with Crippen molar-refractivity contribution in [2.24, 2.45) is 0 Å². The maximum absolute atomic E-state index is 6.12. The average Bonchev–Trinajstić information content (AvgIpc) is 3.07. The molecule has 5 heteroatoms. The van der Waals surface area contributed by atoms with Crippen molar-refractivity contribution < 1.29 is 9.47 Å². The fourth-order valence-corrected chi connectivity index (χ4v) is 4.70. The zero-order valence-corrected chi connectivity index (χ0v) is 16.3. The predicted octanol–water partition coefficient (Wildman–Crippen LogP) is 4.79. The Morgan fingerprint density at radius 2 is 1.86 bits per heavy atom. The standard InChI is InChI=1S/C23H25N3O2/c1-15-7-10-21(22(11-15)27-2)26(17-12-18-8-9-19(13-17)28-18)23-20-6-4-3-5-16(20)14-24-25-23/h3-7,10-11,14,17-19H,8-9,12-13H2,1-2H3. The lowest BCUT2D eigenvalue weighted by Crippen LogP contribution is -2.40. The summed E-state index contributed by atoms with van der Waals surface area (Å²) in [6, 6.07) is 15.0. The first kappa shape index (κ1) is 17.4. The van der Waals surface area contributed by atoms with E-state index >= 15 is 0 Å². The topological polar surface area (TPSA) is 47.5 Å². The van der Waals surface area contributed by atoms with Gasteiger partial charge in [0.25, 0.3) is 0 Å². The van der Waals surface area contributed by atoms with Gasteiger partial charge in [-0.05, 0) is 50.3 Å². The second-order valence-electron chi connectivity index (χ2n) is 7.88. The maximum atomic E-state index is 6.12. The van der Waals surface area contributed by atoms with Gasteiger partial charge in [0.2, 0.25) is 0 Å². The fourth-order valence-electron chi connectivity index (χ4n) is 4.70. The van der Waals surface area contributed by atoms with E-state index in [-0.39, 0.29) is 0 Å². The fraction of sp³-hybridized carbons (Fsp3) is 0.391. The molecule has 0 spiro atoms. The van der Waals surface area contributed by atoms with Crippen LogP contribution >= 0.6 is 0 Å². The lowest BCUT2D eigenvalue weighted by atomic mass is 9.99. The third kappa shape index (κ3) is 3.00. The summed E-state index contributed by atoms with van der Waals surface area (Å²) in [5.74, 6) is 1.76. The Bertz CT molecular complexity index is 989. The van der Waals surface area contributed by atoms with Crippen LogP contribution in [0.5, 0.6) is 5.75 Å². The predicted molar refractivity (Wildman–Crippen MR) is 110 cm³/mol. The number of anilines is 2. The first-order valence-corrected chi connectivity index (χ1v) is 10.0. The van der Waals surface area contributed by atoms with Crippen molar-refractivity contribution >= 4 is 22.3 Å². The molecular weight excluding hydrogens is 350 g/mol. The van der Waals surface area contributed by atoms with Gasteiger partial charge in [-0.1, -0.05) is 30.3 Å². The number of methoxy groups -OCH3 is 1. The average molecular weight is 375 g/mol. The highest BCUT2D eigenvalue weighted by atomic mass is 16.5. The van der Waals surface area contributed by atoms with E-state index in [0.29, 0.717) is 18.2 Å². The lowest BCUT2D eigenvalue weighted by Gasteiger charge is -2.38. The van der Waals surface area contributed by atoms with Crippen molar-refractivity contribution in [3.05, 3.63) is 54.2 Å². The highest BCUT2D eigenvalue weighted by molar-refractivity contribution is 5.94. The molecule has 0 saturated carbocycles. The molecule has 2 aliphatic heterocycles. The van der Waals surface area contributed by atoms with Gasteiger partial charge in [-0.3, -0.25) is 0 Å². The van der Waals surface area contributed by atoms with Gasteiger partial charge in [-0.2, -0.15) is 5.10 Å². The molecule has 2 aliphatic rings.